The molecule has 0 aliphatic carbocycles. The first-order chi connectivity index (χ1) is 10.2. The molecule has 0 bridgehead atoms. The summed E-state index contributed by atoms with van der Waals surface area (Å²) >= 11 is 7.41. The Morgan fingerprint density at radius 1 is 1.24 bits per heavy atom. The van der Waals surface area contributed by atoms with Crippen molar-refractivity contribution in [3.8, 4) is 6.07 Å². The van der Waals surface area contributed by atoms with Crippen molar-refractivity contribution < 1.29 is 4.79 Å². The van der Waals surface area contributed by atoms with Crippen LogP contribution >= 0.6 is 22.9 Å². The van der Waals surface area contributed by atoms with Gasteiger partial charge in [-0.15, -0.1) is 11.3 Å². The van der Waals surface area contributed by atoms with Crippen LogP contribution in [0.3, 0.4) is 0 Å². The number of carbonyl (C=O) groups is 1. The van der Waals surface area contributed by atoms with Gasteiger partial charge in [-0.25, -0.2) is 0 Å². The van der Waals surface area contributed by atoms with Gasteiger partial charge in [-0.2, -0.15) is 5.26 Å². The van der Waals surface area contributed by atoms with Crippen molar-refractivity contribution in [1.29, 1.82) is 5.26 Å². The molecule has 2 aromatic carbocycles. The van der Waals surface area contributed by atoms with E-state index in [0.717, 1.165) is 10.1 Å². The van der Waals surface area contributed by atoms with Crippen LogP contribution in [0.4, 0.5) is 5.69 Å². The fourth-order valence-corrected chi connectivity index (χ4v) is 3.14. The van der Waals surface area contributed by atoms with Crippen molar-refractivity contribution in [3.05, 3.63) is 64.0 Å². The molecule has 0 radical (unpaired) electrons. The molecule has 1 N–H and O–H groups in total. The van der Waals surface area contributed by atoms with Crippen LogP contribution in [0.2, 0.25) is 5.02 Å². The lowest BCUT2D eigenvalue weighted by molar-refractivity contribution is 0.102. The molecule has 3 aromatic rings. The van der Waals surface area contributed by atoms with Gasteiger partial charge in [-0.1, -0.05) is 29.8 Å². The summed E-state index contributed by atoms with van der Waals surface area (Å²) in [5, 5.41) is 14.9. The van der Waals surface area contributed by atoms with E-state index in [2.05, 4.69) is 5.32 Å². The molecule has 0 unspecified atom stereocenters. The van der Waals surface area contributed by atoms with E-state index in [1.54, 1.807) is 18.2 Å². The highest BCUT2D eigenvalue weighted by Crippen LogP contribution is 2.27. The van der Waals surface area contributed by atoms with Crippen molar-refractivity contribution in [3.63, 3.8) is 0 Å². The van der Waals surface area contributed by atoms with E-state index in [0.29, 0.717) is 21.8 Å². The minimum Gasteiger partial charge on any atom is -0.322 e. The SMILES string of the molecule is N#Cc1cc(NC(=O)c2csc3ccccc23)ccc1Cl. The first-order valence-electron chi connectivity index (χ1n) is 6.16. The molecule has 0 aliphatic heterocycles. The van der Waals surface area contributed by atoms with E-state index in [4.69, 9.17) is 16.9 Å². The number of nitrogens with one attached hydrogen (secondary N) is 1. The highest BCUT2D eigenvalue weighted by Gasteiger charge is 2.12. The third kappa shape index (κ3) is 2.62. The molecule has 3 nitrogen and oxygen atoms in total. The molecule has 3 rings (SSSR count). The Hall–Kier alpha value is -2.35. The smallest absolute Gasteiger partial charge is 0.257 e. The number of carbonyl (C=O) groups excluding carboxylic acids is 1. The van der Waals surface area contributed by atoms with Gasteiger partial charge in [0, 0.05) is 21.2 Å². The second-order valence-corrected chi connectivity index (χ2v) is 5.72. The normalized spacial score (nSPS) is 10.3. The molecular formula is C16H9ClN2OS. The topological polar surface area (TPSA) is 52.9 Å². The molecule has 102 valence electrons. The second kappa shape index (κ2) is 5.57. The fraction of sp³-hybridized carbons (Fsp3) is 0. The Labute approximate surface area is 130 Å². The van der Waals surface area contributed by atoms with Gasteiger partial charge in [0.05, 0.1) is 16.1 Å². The lowest BCUT2D eigenvalue weighted by atomic mass is 10.1. The van der Waals surface area contributed by atoms with Crippen molar-refractivity contribution in [2.45, 2.75) is 0 Å². The number of halogens is 1. The largest absolute Gasteiger partial charge is 0.322 e. The molecule has 5 heteroatoms. The number of nitriles is 1. The lowest BCUT2D eigenvalue weighted by Crippen LogP contribution is -2.11. The second-order valence-electron chi connectivity index (χ2n) is 4.41. The van der Waals surface area contributed by atoms with Crippen molar-refractivity contribution in [1.82, 2.24) is 0 Å². The predicted octanol–water partition coefficient (Wildman–Crippen LogP) is 4.68. The van der Waals surface area contributed by atoms with Gasteiger partial charge < -0.3 is 5.32 Å². The minimum absolute atomic E-state index is 0.196. The monoisotopic (exact) mass is 312 g/mol. The van der Waals surface area contributed by atoms with E-state index in [9.17, 15) is 4.79 Å². The number of nitrogens with zero attached hydrogens (tertiary/aromatic N) is 1. The van der Waals surface area contributed by atoms with E-state index in [1.165, 1.54) is 11.3 Å². The number of hydrogen-bond acceptors (Lipinski definition) is 3. The van der Waals surface area contributed by atoms with Crippen LogP contribution < -0.4 is 5.32 Å². The van der Waals surface area contributed by atoms with Gasteiger partial charge in [0.2, 0.25) is 0 Å². The summed E-state index contributed by atoms with van der Waals surface area (Å²) in [7, 11) is 0. The van der Waals surface area contributed by atoms with Crippen LogP contribution in [0.15, 0.2) is 47.8 Å². The van der Waals surface area contributed by atoms with Gasteiger partial charge in [0.15, 0.2) is 0 Å². The summed E-state index contributed by atoms with van der Waals surface area (Å²) in [4.78, 5) is 12.4. The number of rotatable bonds is 2. The van der Waals surface area contributed by atoms with Gasteiger partial charge >= 0.3 is 0 Å². The average molecular weight is 313 g/mol. The summed E-state index contributed by atoms with van der Waals surface area (Å²) in [6.07, 6.45) is 0. The van der Waals surface area contributed by atoms with Crippen LogP contribution in [0.5, 0.6) is 0 Å². The molecule has 0 atom stereocenters. The minimum atomic E-state index is -0.196. The highest BCUT2D eigenvalue weighted by molar-refractivity contribution is 7.17. The first-order valence-corrected chi connectivity index (χ1v) is 7.42. The lowest BCUT2D eigenvalue weighted by Gasteiger charge is -2.05. The quantitative estimate of drug-likeness (QED) is 0.747. The summed E-state index contributed by atoms with van der Waals surface area (Å²) in [5.74, 6) is -0.196. The van der Waals surface area contributed by atoms with Crippen LogP contribution in [0.25, 0.3) is 10.1 Å². The number of hydrogen-bond donors (Lipinski definition) is 1. The van der Waals surface area contributed by atoms with E-state index in [1.807, 2.05) is 35.7 Å². The van der Waals surface area contributed by atoms with Crippen LogP contribution in [0, 0.1) is 11.3 Å². The molecule has 0 aliphatic rings. The van der Waals surface area contributed by atoms with Gasteiger partial charge in [-0.05, 0) is 24.3 Å². The van der Waals surface area contributed by atoms with Crippen molar-refractivity contribution >= 4 is 44.6 Å². The van der Waals surface area contributed by atoms with Crippen LogP contribution in [-0.2, 0) is 0 Å². The van der Waals surface area contributed by atoms with Gasteiger partial charge in [0.1, 0.15) is 6.07 Å². The number of benzene rings is 2. The van der Waals surface area contributed by atoms with Crippen molar-refractivity contribution in [2.24, 2.45) is 0 Å². The summed E-state index contributed by atoms with van der Waals surface area (Å²) in [6.45, 7) is 0. The maximum atomic E-state index is 12.4. The molecule has 0 saturated carbocycles. The summed E-state index contributed by atoms with van der Waals surface area (Å²) in [6, 6.07) is 14.6. The zero-order chi connectivity index (χ0) is 14.8. The molecular weight excluding hydrogens is 304 g/mol. The fourth-order valence-electron chi connectivity index (χ4n) is 2.04. The molecule has 0 saturated heterocycles. The number of anilines is 1. The third-order valence-corrected chi connectivity index (χ3v) is 4.36. The highest BCUT2D eigenvalue weighted by atomic mass is 35.5. The van der Waals surface area contributed by atoms with E-state index in [-0.39, 0.29) is 5.91 Å². The Morgan fingerprint density at radius 3 is 2.86 bits per heavy atom. The number of amides is 1. The summed E-state index contributed by atoms with van der Waals surface area (Å²) < 4.78 is 1.07. The Kier molecular flexibility index (Phi) is 3.61. The van der Waals surface area contributed by atoms with Gasteiger partial charge in [0.25, 0.3) is 5.91 Å². The molecule has 0 spiro atoms. The standard InChI is InChI=1S/C16H9ClN2OS/c17-14-6-5-11(7-10(14)8-18)19-16(20)13-9-21-15-4-2-1-3-12(13)15/h1-7,9H,(H,19,20). The van der Waals surface area contributed by atoms with Crippen molar-refractivity contribution in [2.75, 3.05) is 5.32 Å². The molecule has 21 heavy (non-hydrogen) atoms. The molecule has 1 aromatic heterocycles. The Balaban J connectivity index is 1.92. The Bertz CT molecular complexity index is 879. The number of thiophene rings is 1. The zero-order valence-electron chi connectivity index (χ0n) is 10.8. The molecule has 1 amide bonds. The number of fused-ring (bicyclic) bond motifs is 1. The average Bonchev–Trinajstić information content (AvgIpc) is 2.93. The van der Waals surface area contributed by atoms with E-state index < -0.39 is 0 Å². The molecule has 1 heterocycles. The van der Waals surface area contributed by atoms with Crippen LogP contribution in [-0.4, -0.2) is 5.91 Å². The van der Waals surface area contributed by atoms with E-state index >= 15 is 0 Å². The first kappa shape index (κ1) is 13.6. The predicted molar refractivity (Wildman–Crippen MR) is 85.9 cm³/mol. The summed E-state index contributed by atoms with van der Waals surface area (Å²) in [5.41, 5.74) is 1.52. The van der Waals surface area contributed by atoms with Gasteiger partial charge in [-0.3, -0.25) is 4.79 Å². The molecule has 0 fully saturated rings. The third-order valence-electron chi connectivity index (χ3n) is 3.07. The Morgan fingerprint density at radius 2 is 2.05 bits per heavy atom. The maximum absolute atomic E-state index is 12.4. The maximum Gasteiger partial charge on any atom is 0.257 e. The van der Waals surface area contributed by atoms with Crippen LogP contribution in [0.1, 0.15) is 15.9 Å². The zero-order valence-corrected chi connectivity index (χ0v) is 12.3.